The van der Waals surface area contributed by atoms with Crippen LogP contribution in [0.15, 0.2) is 6.07 Å². The molecule has 0 saturated heterocycles. The van der Waals surface area contributed by atoms with Crippen LogP contribution in [-0.2, 0) is 9.53 Å². The van der Waals surface area contributed by atoms with Crippen molar-refractivity contribution in [3.8, 4) is 11.5 Å². The fourth-order valence-corrected chi connectivity index (χ4v) is 1.53. The molecule has 0 heterocycles. The van der Waals surface area contributed by atoms with E-state index in [9.17, 15) is 19.1 Å². The zero-order chi connectivity index (χ0) is 13.9. The van der Waals surface area contributed by atoms with Gasteiger partial charge in [0.15, 0.2) is 11.5 Å². The summed E-state index contributed by atoms with van der Waals surface area (Å²) in [6.07, 6.45) is 0. The number of Topliss-reactive ketones (excluding diaryl/α,β-unsaturated/α-hetero) is 1. The van der Waals surface area contributed by atoms with E-state index >= 15 is 0 Å². The molecule has 0 aliphatic carbocycles. The van der Waals surface area contributed by atoms with Gasteiger partial charge in [0.2, 0.25) is 0 Å². The Morgan fingerprint density at radius 3 is 2.61 bits per heavy atom. The third-order valence-electron chi connectivity index (χ3n) is 2.04. The fraction of sp³-hybridized carbons (Fsp3) is 0.273. The number of carbonyl (C=O) groups is 2. The van der Waals surface area contributed by atoms with E-state index in [1.54, 1.807) is 0 Å². The van der Waals surface area contributed by atoms with Gasteiger partial charge in [0.05, 0.1) is 24.3 Å². The minimum Gasteiger partial charge on any atom is -0.504 e. The zero-order valence-electron chi connectivity index (χ0n) is 9.62. The number of phenols is 1. The van der Waals surface area contributed by atoms with E-state index in [0.717, 1.165) is 7.11 Å². The Labute approximate surface area is 107 Å². The van der Waals surface area contributed by atoms with Crippen molar-refractivity contribution in [3.05, 3.63) is 22.5 Å². The molecule has 7 heteroatoms. The van der Waals surface area contributed by atoms with Crippen molar-refractivity contribution in [2.75, 3.05) is 13.7 Å². The van der Waals surface area contributed by atoms with Gasteiger partial charge < -0.3 is 14.6 Å². The highest BCUT2D eigenvalue weighted by Gasteiger charge is 2.29. The van der Waals surface area contributed by atoms with Crippen molar-refractivity contribution in [1.29, 1.82) is 0 Å². The number of benzene rings is 1. The normalized spacial score (nSPS) is 10.0. The molecule has 0 bridgehead atoms. The second kappa shape index (κ2) is 5.68. The first-order valence-electron chi connectivity index (χ1n) is 4.90. The van der Waals surface area contributed by atoms with Crippen LogP contribution in [0.4, 0.5) is 4.39 Å². The summed E-state index contributed by atoms with van der Waals surface area (Å²) in [7, 11) is 1.14. The summed E-state index contributed by atoms with van der Waals surface area (Å²) in [5.41, 5.74) is -0.560. The highest BCUT2D eigenvalue weighted by atomic mass is 35.5. The molecular formula is C11H10ClFO5. The van der Waals surface area contributed by atoms with E-state index in [1.807, 2.05) is 0 Å². The second-order valence-corrected chi connectivity index (χ2v) is 3.53. The van der Waals surface area contributed by atoms with E-state index < -0.39 is 33.9 Å². The monoisotopic (exact) mass is 276 g/mol. The van der Waals surface area contributed by atoms with Crippen LogP contribution in [0, 0.1) is 5.82 Å². The van der Waals surface area contributed by atoms with Crippen LogP contribution in [0.3, 0.4) is 0 Å². The molecule has 1 rings (SSSR count). The maximum Gasteiger partial charge on any atom is 0.379 e. The number of rotatable bonds is 4. The average molecular weight is 277 g/mol. The van der Waals surface area contributed by atoms with E-state index in [1.165, 1.54) is 6.92 Å². The van der Waals surface area contributed by atoms with Gasteiger partial charge in [-0.15, -0.1) is 0 Å². The number of ketones is 1. The Balaban J connectivity index is 3.38. The van der Waals surface area contributed by atoms with Crippen LogP contribution in [-0.4, -0.2) is 30.6 Å². The number of esters is 1. The Morgan fingerprint density at radius 2 is 2.11 bits per heavy atom. The summed E-state index contributed by atoms with van der Waals surface area (Å²) in [5.74, 6) is -4.44. The number of halogens is 2. The van der Waals surface area contributed by atoms with Crippen molar-refractivity contribution in [1.82, 2.24) is 0 Å². The maximum atomic E-state index is 13.3. The lowest BCUT2D eigenvalue weighted by atomic mass is 10.1. The molecule has 18 heavy (non-hydrogen) atoms. The molecule has 98 valence electrons. The molecule has 0 aliphatic heterocycles. The van der Waals surface area contributed by atoms with E-state index in [4.69, 9.17) is 16.3 Å². The van der Waals surface area contributed by atoms with Gasteiger partial charge in [-0.25, -0.2) is 9.18 Å². The molecule has 1 N–H and O–H groups in total. The Kier molecular flexibility index (Phi) is 4.49. The summed E-state index contributed by atoms with van der Waals surface area (Å²) >= 11 is 5.59. The molecule has 0 spiro atoms. The molecule has 1 aromatic carbocycles. The third kappa shape index (κ3) is 2.53. The molecule has 0 aromatic heterocycles. The minimum atomic E-state index is -1.21. The number of phenolic OH excluding ortho intramolecular Hbond substituents is 1. The van der Waals surface area contributed by atoms with E-state index in [0.29, 0.717) is 6.07 Å². The molecule has 0 fully saturated rings. The number of carbonyl (C=O) groups excluding carboxylic acids is 2. The first-order chi connectivity index (χ1) is 8.43. The molecule has 0 amide bonds. The Bertz CT molecular complexity index is 501. The SMILES string of the molecule is CCOC(=O)C(=O)c1c(Cl)c(F)cc(O)c1OC. The molecule has 0 radical (unpaired) electrons. The molecular weight excluding hydrogens is 267 g/mol. The predicted molar refractivity (Wildman–Crippen MR) is 60.6 cm³/mol. The van der Waals surface area contributed by atoms with Gasteiger partial charge in [-0.3, -0.25) is 4.79 Å². The molecule has 0 unspecified atom stereocenters. The van der Waals surface area contributed by atoms with Gasteiger partial charge in [-0.2, -0.15) is 0 Å². The number of hydrogen-bond acceptors (Lipinski definition) is 5. The van der Waals surface area contributed by atoms with Gasteiger partial charge in [0, 0.05) is 6.07 Å². The lowest BCUT2D eigenvalue weighted by molar-refractivity contribution is -0.137. The van der Waals surface area contributed by atoms with Crippen molar-refractivity contribution >= 4 is 23.4 Å². The first-order valence-corrected chi connectivity index (χ1v) is 5.28. The summed E-state index contributed by atoms with van der Waals surface area (Å²) < 4.78 is 22.5. The predicted octanol–water partition coefficient (Wildman–Crippen LogP) is 1.94. The van der Waals surface area contributed by atoms with Gasteiger partial charge >= 0.3 is 5.97 Å². The summed E-state index contributed by atoms with van der Waals surface area (Å²) in [4.78, 5) is 23.0. The second-order valence-electron chi connectivity index (χ2n) is 3.15. The third-order valence-corrected chi connectivity index (χ3v) is 2.41. The van der Waals surface area contributed by atoms with Crippen molar-refractivity contribution in [2.24, 2.45) is 0 Å². The maximum absolute atomic E-state index is 13.3. The molecule has 5 nitrogen and oxygen atoms in total. The summed E-state index contributed by atoms with van der Waals surface area (Å²) in [6.45, 7) is 1.48. The zero-order valence-corrected chi connectivity index (χ0v) is 10.4. The van der Waals surface area contributed by atoms with Gasteiger partial charge in [0.1, 0.15) is 5.82 Å². The van der Waals surface area contributed by atoms with Crippen molar-refractivity contribution < 1.29 is 28.6 Å². The first kappa shape index (κ1) is 14.2. The molecule has 0 atom stereocenters. The smallest absolute Gasteiger partial charge is 0.379 e. The van der Waals surface area contributed by atoms with E-state index in [-0.39, 0.29) is 12.4 Å². The average Bonchev–Trinajstić information content (AvgIpc) is 2.32. The fourth-order valence-electron chi connectivity index (χ4n) is 1.30. The molecule has 0 saturated carbocycles. The lowest BCUT2D eigenvalue weighted by Crippen LogP contribution is -2.19. The van der Waals surface area contributed by atoms with E-state index in [2.05, 4.69) is 4.74 Å². The highest BCUT2D eigenvalue weighted by Crippen LogP contribution is 2.37. The van der Waals surface area contributed by atoms with Crippen LogP contribution >= 0.6 is 11.6 Å². The quantitative estimate of drug-likeness (QED) is 0.517. The van der Waals surface area contributed by atoms with Crippen LogP contribution in [0.1, 0.15) is 17.3 Å². The van der Waals surface area contributed by atoms with Gasteiger partial charge in [0.25, 0.3) is 5.78 Å². The number of methoxy groups -OCH3 is 1. The van der Waals surface area contributed by atoms with Crippen LogP contribution in [0.5, 0.6) is 11.5 Å². The largest absolute Gasteiger partial charge is 0.504 e. The molecule has 0 aliphatic rings. The van der Waals surface area contributed by atoms with Gasteiger partial charge in [-0.05, 0) is 6.92 Å². The number of ether oxygens (including phenoxy) is 2. The Morgan fingerprint density at radius 1 is 1.50 bits per heavy atom. The van der Waals surface area contributed by atoms with Crippen molar-refractivity contribution in [3.63, 3.8) is 0 Å². The molecule has 1 aromatic rings. The number of hydrogen-bond donors (Lipinski definition) is 1. The van der Waals surface area contributed by atoms with Crippen LogP contribution in [0.2, 0.25) is 5.02 Å². The minimum absolute atomic E-state index is 0.0220. The van der Waals surface area contributed by atoms with Crippen LogP contribution in [0.25, 0.3) is 0 Å². The highest BCUT2D eigenvalue weighted by molar-refractivity contribution is 6.46. The van der Waals surface area contributed by atoms with Crippen LogP contribution < -0.4 is 4.74 Å². The standard InChI is InChI=1S/C11H10ClFO5/c1-3-18-11(16)9(15)7-8(12)5(13)4-6(14)10(7)17-2/h4,14H,3H2,1-2H3. The summed E-state index contributed by atoms with van der Waals surface area (Å²) in [5, 5.41) is 8.82. The topological polar surface area (TPSA) is 72.8 Å². The lowest BCUT2D eigenvalue weighted by Gasteiger charge is -2.11. The van der Waals surface area contributed by atoms with Crippen molar-refractivity contribution in [2.45, 2.75) is 6.92 Å². The summed E-state index contributed by atoms with van der Waals surface area (Å²) in [6, 6.07) is 0.684. The Hall–Kier alpha value is -1.82. The van der Waals surface area contributed by atoms with Gasteiger partial charge in [-0.1, -0.05) is 11.6 Å². The number of aromatic hydroxyl groups is 1.